The van der Waals surface area contributed by atoms with Crippen LogP contribution in [0.5, 0.6) is 0 Å². The molecule has 23 heavy (non-hydrogen) atoms. The second kappa shape index (κ2) is 6.16. The third-order valence-electron chi connectivity index (χ3n) is 5.36. The van der Waals surface area contributed by atoms with E-state index in [1.54, 1.807) is 16.4 Å². The number of hydrogen-bond acceptors (Lipinski definition) is 4. The molecule has 2 unspecified atom stereocenters. The first-order valence-electron chi connectivity index (χ1n) is 8.17. The molecule has 1 aliphatic heterocycles. The first-order valence-corrected chi connectivity index (χ1v) is 9.61. The topological polar surface area (TPSA) is 77.8 Å². The van der Waals surface area contributed by atoms with Crippen LogP contribution in [0.2, 0.25) is 0 Å². The van der Waals surface area contributed by atoms with Crippen LogP contribution in [-0.2, 0) is 10.0 Å². The second-order valence-electron chi connectivity index (χ2n) is 7.33. The zero-order chi connectivity index (χ0) is 16.7. The van der Waals surface area contributed by atoms with Gasteiger partial charge < -0.3 is 10.2 Å². The number of rotatable bonds is 4. The van der Waals surface area contributed by atoms with Crippen LogP contribution in [0, 0.1) is 24.2 Å². The largest absolute Gasteiger partial charge is 0.396 e. The van der Waals surface area contributed by atoms with Crippen molar-refractivity contribution in [2.24, 2.45) is 17.3 Å². The van der Waals surface area contributed by atoms with Crippen molar-refractivity contribution in [3.05, 3.63) is 29.8 Å². The van der Waals surface area contributed by atoms with Gasteiger partial charge >= 0.3 is 0 Å². The molecule has 0 radical (unpaired) electrons. The van der Waals surface area contributed by atoms with Crippen LogP contribution < -0.4 is 0 Å². The Balaban J connectivity index is 1.81. The highest BCUT2D eigenvalue weighted by Crippen LogP contribution is 2.45. The second-order valence-corrected chi connectivity index (χ2v) is 9.27. The molecule has 0 spiro atoms. The monoisotopic (exact) mass is 339 g/mol. The number of benzene rings is 1. The molecule has 1 aliphatic carbocycles. The Hall–Kier alpha value is -0.950. The summed E-state index contributed by atoms with van der Waals surface area (Å²) in [6.07, 6.45) is 2.37. The minimum Gasteiger partial charge on any atom is -0.396 e. The van der Waals surface area contributed by atoms with Crippen molar-refractivity contribution >= 4 is 10.0 Å². The van der Waals surface area contributed by atoms with Crippen LogP contribution in [0.1, 0.15) is 24.8 Å². The molecular weight excluding hydrogens is 314 g/mol. The molecule has 2 N–H and O–H groups in total. The summed E-state index contributed by atoms with van der Waals surface area (Å²) >= 11 is 0. The van der Waals surface area contributed by atoms with E-state index < -0.39 is 15.4 Å². The van der Waals surface area contributed by atoms with Crippen LogP contribution in [0.3, 0.4) is 0 Å². The maximum atomic E-state index is 12.9. The number of aliphatic hydroxyl groups excluding tert-OH is 2. The molecule has 1 aromatic rings. The van der Waals surface area contributed by atoms with Gasteiger partial charge in [-0.1, -0.05) is 17.7 Å². The fourth-order valence-electron chi connectivity index (χ4n) is 4.24. The summed E-state index contributed by atoms with van der Waals surface area (Å²) < 4.78 is 27.3. The summed E-state index contributed by atoms with van der Waals surface area (Å²) in [7, 11) is -3.46. The van der Waals surface area contributed by atoms with E-state index in [0.29, 0.717) is 30.8 Å². The van der Waals surface area contributed by atoms with E-state index in [1.807, 2.05) is 19.1 Å². The predicted molar refractivity (Wildman–Crippen MR) is 87.4 cm³/mol. The molecule has 5 nitrogen and oxygen atoms in total. The molecule has 0 aromatic heterocycles. The normalized spacial score (nSPS) is 27.8. The third-order valence-corrected chi connectivity index (χ3v) is 7.21. The van der Waals surface area contributed by atoms with Gasteiger partial charge in [0.1, 0.15) is 0 Å². The molecule has 1 heterocycles. The summed E-state index contributed by atoms with van der Waals surface area (Å²) in [5, 5.41) is 19.3. The third kappa shape index (κ3) is 3.18. The van der Waals surface area contributed by atoms with Gasteiger partial charge in [-0.15, -0.1) is 0 Å². The quantitative estimate of drug-likeness (QED) is 0.869. The van der Waals surface area contributed by atoms with Crippen LogP contribution in [-0.4, -0.2) is 49.2 Å². The van der Waals surface area contributed by atoms with Gasteiger partial charge in [0.05, 0.1) is 18.1 Å². The fourth-order valence-corrected chi connectivity index (χ4v) is 5.83. The molecule has 6 heteroatoms. The van der Waals surface area contributed by atoms with Crippen molar-refractivity contribution in [1.82, 2.24) is 4.31 Å². The van der Waals surface area contributed by atoms with Crippen LogP contribution in [0.25, 0.3) is 0 Å². The van der Waals surface area contributed by atoms with Gasteiger partial charge in [-0.3, -0.25) is 0 Å². The van der Waals surface area contributed by atoms with Gasteiger partial charge in [0.15, 0.2) is 0 Å². The van der Waals surface area contributed by atoms with E-state index in [0.717, 1.165) is 12.0 Å². The molecule has 2 bridgehead atoms. The van der Waals surface area contributed by atoms with Gasteiger partial charge in [-0.25, -0.2) is 8.42 Å². The lowest BCUT2D eigenvalue weighted by Gasteiger charge is -2.48. The Kier molecular flexibility index (Phi) is 4.53. The Morgan fingerprint density at radius 1 is 1.09 bits per heavy atom. The summed E-state index contributed by atoms with van der Waals surface area (Å²) in [6, 6.07) is 6.97. The summed E-state index contributed by atoms with van der Waals surface area (Å²) in [4.78, 5) is 0.346. The van der Waals surface area contributed by atoms with Crippen molar-refractivity contribution < 1.29 is 18.6 Å². The number of piperidine rings is 1. The van der Waals surface area contributed by atoms with Crippen LogP contribution in [0.15, 0.2) is 29.2 Å². The number of aliphatic hydroxyl groups is 2. The lowest BCUT2D eigenvalue weighted by Crippen LogP contribution is -2.51. The van der Waals surface area contributed by atoms with E-state index >= 15 is 0 Å². The van der Waals surface area contributed by atoms with E-state index in [1.165, 1.54) is 0 Å². The van der Waals surface area contributed by atoms with Gasteiger partial charge in [0.25, 0.3) is 0 Å². The molecule has 1 aromatic carbocycles. The van der Waals surface area contributed by atoms with Crippen molar-refractivity contribution in [3.63, 3.8) is 0 Å². The smallest absolute Gasteiger partial charge is 0.243 e. The molecule has 128 valence electrons. The predicted octanol–water partition coefficient (Wildman–Crippen LogP) is 1.39. The molecule has 3 rings (SSSR count). The fraction of sp³-hybridized carbons (Fsp3) is 0.647. The summed E-state index contributed by atoms with van der Waals surface area (Å²) in [6.45, 7) is 2.84. The first-order chi connectivity index (χ1) is 10.9. The van der Waals surface area contributed by atoms with Gasteiger partial charge in [0, 0.05) is 18.5 Å². The Morgan fingerprint density at radius 2 is 1.61 bits per heavy atom. The Morgan fingerprint density at radius 3 is 2.09 bits per heavy atom. The molecule has 0 amide bonds. The molecular formula is C17H25NO4S. The zero-order valence-corrected chi connectivity index (χ0v) is 14.3. The first kappa shape index (κ1) is 16.9. The number of hydrogen-bond donors (Lipinski definition) is 2. The minimum absolute atomic E-state index is 0.0266. The number of sulfonamides is 1. The SMILES string of the molecule is Cc1ccc(S(=O)(=O)N2CC3CC(C2)CC(CO)(CO)C3)cc1. The van der Waals surface area contributed by atoms with Crippen LogP contribution >= 0.6 is 0 Å². The maximum absolute atomic E-state index is 12.9. The highest BCUT2D eigenvalue weighted by atomic mass is 32.2. The molecule has 2 fully saturated rings. The standard InChI is InChI=1S/C17H25NO4S/c1-13-2-4-16(5-3-13)23(21,22)18-9-14-6-15(10-18)8-17(7-14,11-19)12-20/h2-5,14-15,19-20H,6-12H2,1H3. The van der Waals surface area contributed by atoms with E-state index in [2.05, 4.69) is 0 Å². The van der Waals surface area contributed by atoms with Crippen molar-refractivity contribution in [3.8, 4) is 0 Å². The minimum atomic E-state index is -3.46. The average molecular weight is 339 g/mol. The molecule has 2 atom stereocenters. The van der Waals surface area contributed by atoms with Crippen LogP contribution in [0.4, 0.5) is 0 Å². The average Bonchev–Trinajstić information content (AvgIpc) is 2.54. The Bertz CT molecular complexity index is 636. The molecule has 2 aliphatic rings. The van der Waals surface area contributed by atoms with E-state index in [9.17, 15) is 18.6 Å². The number of nitrogens with zero attached hydrogens (tertiary/aromatic N) is 1. The Labute approximate surface area is 138 Å². The van der Waals surface area contributed by atoms with E-state index in [-0.39, 0.29) is 25.0 Å². The van der Waals surface area contributed by atoms with Gasteiger partial charge in [-0.2, -0.15) is 4.31 Å². The van der Waals surface area contributed by atoms with Gasteiger partial charge in [-0.05, 0) is 50.2 Å². The van der Waals surface area contributed by atoms with Crippen molar-refractivity contribution in [2.45, 2.75) is 31.1 Å². The summed E-state index contributed by atoms with van der Waals surface area (Å²) in [5.41, 5.74) is 0.600. The summed E-state index contributed by atoms with van der Waals surface area (Å²) in [5.74, 6) is 0.420. The highest BCUT2D eigenvalue weighted by Gasteiger charge is 2.45. The van der Waals surface area contributed by atoms with Gasteiger partial charge in [0.2, 0.25) is 10.0 Å². The highest BCUT2D eigenvalue weighted by molar-refractivity contribution is 7.89. The molecule has 1 saturated heterocycles. The number of aryl methyl sites for hydroxylation is 1. The maximum Gasteiger partial charge on any atom is 0.243 e. The zero-order valence-electron chi connectivity index (χ0n) is 13.5. The lowest BCUT2D eigenvalue weighted by molar-refractivity contribution is -0.0375. The van der Waals surface area contributed by atoms with Crippen molar-refractivity contribution in [1.29, 1.82) is 0 Å². The molecule has 1 saturated carbocycles. The number of fused-ring (bicyclic) bond motifs is 2. The van der Waals surface area contributed by atoms with Crippen molar-refractivity contribution in [2.75, 3.05) is 26.3 Å². The lowest BCUT2D eigenvalue weighted by atomic mass is 9.64. The van der Waals surface area contributed by atoms with E-state index in [4.69, 9.17) is 0 Å².